The molecule has 1 aromatic heterocycles. The summed E-state index contributed by atoms with van der Waals surface area (Å²) in [5.74, 6) is 0.720. The molecule has 2 rings (SSSR count). The third kappa shape index (κ3) is 3.05. The Labute approximate surface area is 96.1 Å². The Balaban J connectivity index is 1.90. The number of aryl methyl sites for hydroxylation is 1. The number of rotatable bonds is 3. The van der Waals surface area contributed by atoms with Crippen LogP contribution < -0.4 is 0 Å². The summed E-state index contributed by atoms with van der Waals surface area (Å²) in [4.78, 5) is 2.99. The van der Waals surface area contributed by atoms with Gasteiger partial charge in [0, 0.05) is 9.75 Å². The van der Waals surface area contributed by atoms with Crippen LogP contribution in [-0.4, -0.2) is 11.2 Å². The highest BCUT2D eigenvalue weighted by Crippen LogP contribution is 2.29. The lowest BCUT2D eigenvalue weighted by Gasteiger charge is -2.25. The van der Waals surface area contributed by atoms with Gasteiger partial charge in [0.05, 0.1) is 6.10 Å². The van der Waals surface area contributed by atoms with E-state index in [0.29, 0.717) is 0 Å². The number of hydrogen-bond donors (Lipinski definition) is 1. The molecular weight excluding hydrogens is 204 g/mol. The van der Waals surface area contributed by atoms with Gasteiger partial charge in [0.15, 0.2) is 0 Å². The first-order valence-electron chi connectivity index (χ1n) is 6.03. The first-order valence-corrected chi connectivity index (χ1v) is 6.85. The molecule has 1 aliphatic rings. The van der Waals surface area contributed by atoms with Gasteiger partial charge >= 0.3 is 0 Å². The number of aliphatic hydroxyl groups excluding tert-OH is 1. The molecule has 1 N–H and O–H groups in total. The van der Waals surface area contributed by atoms with Crippen molar-refractivity contribution in [1.29, 1.82) is 0 Å². The van der Waals surface area contributed by atoms with Crippen molar-refractivity contribution in [2.24, 2.45) is 5.92 Å². The number of hydrogen-bond acceptors (Lipinski definition) is 2. The van der Waals surface area contributed by atoms with Gasteiger partial charge in [-0.2, -0.15) is 0 Å². The van der Waals surface area contributed by atoms with Crippen LogP contribution in [-0.2, 0) is 12.8 Å². The second-order valence-corrected chi connectivity index (χ2v) is 5.87. The molecule has 0 aromatic carbocycles. The van der Waals surface area contributed by atoms with Crippen LogP contribution >= 0.6 is 11.3 Å². The molecule has 2 unspecified atom stereocenters. The highest BCUT2D eigenvalue weighted by atomic mass is 32.1. The van der Waals surface area contributed by atoms with Crippen molar-refractivity contribution in [3.63, 3.8) is 0 Å². The smallest absolute Gasteiger partial charge is 0.0543 e. The molecule has 1 saturated carbocycles. The summed E-state index contributed by atoms with van der Waals surface area (Å²) in [6, 6.07) is 4.52. The van der Waals surface area contributed by atoms with E-state index in [0.717, 1.165) is 25.2 Å². The van der Waals surface area contributed by atoms with Gasteiger partial charge in [-0.25, -0.2) is 0 Å². The molecule has 0 bridgehead atoms. The Kier molecular flexibility index (Phi) is 3.81. The number of aliphatic hydroxyl groups is 1. The highest BCUT2D eigenvalue weighted by Gasteiger charge is 2.20. The molecule has 0 saturated heterocycles. The predicted octanol–water partition coefficient (Wildman–Crippen LogP) is 3.40. The van der Waals surface area contributed by atoms with Crippen molar-refractivity contribution < 1.29 is 5.11 Å². The summed E-state index contributed by atoms with van der Waals surface area (Å²) in [5.41, 5.74) is 0. The molecule has 0 amide bonds. The van der Waals surface area contributed by atoms with Gasteiger partial charge in [-0.3, -0.25) is 0 Å². The largest absolute Gasteiger partial charge is 0.393 e. The lowest BCUT2D eigenvalue weighted by molar-refractivity contribution is 0.101. The maximum absolute atomic E-state index is 9.61. The maximum atomic E-state index is 9.61. The van der Waals surface area contributed by atoms with Crippen LogP contribution in [0.1, 0.15) is 42.4 Å². The molecule has 1 heterocycles. The second kappa shape index (κ2) is 5.13. The van der Waals surface area contributed by atoms with Crippen LogP contribution in [0.3, 0.4) is 0 Å². The van der Waals surface area contributed by atoms with Gasteiger partial charge in [-0.15, -0.1) is 11.3 Å². The third-order valence-electron chi connectivity index (χ3n) is 3.31. The van der Waals surface area contributed by atoms with Crippen LogP contribution in [0, 0.1) is 5.92 Å². The zero-order valence-electron chi connectivity index (χ0n) is 9.41. The maximum Gasteiger partial charge on any atom is 0.0543 e. The Hall–Kier alpha value is -0.340. The van der Waals surface area contributed by atoms with Gasteiger partial charge in [0.2, 0.25) is 0 Å². The van der Waals surface area contributed by atoms with Crippen molar-refractivity contribution in [3.8, 4) is 0 Å². The summed E-state index contributed by atoms with van der Waals surface area (Å²) in [7, 11) is 0. The molecule has 2 heteroatoms. The van der Waals surface area contributed by atoms with Gasteiger partial charge in [-0.05, 0) is 50.2 Å². The van der Waals surface area contributed by atoms with Crippen LogP contribution in [0.4, 0.5) is 0 Å². The molecule has 1 fully saturated rings. The molecule has 1 aromatic rings. The minimum Gasteiger partial charge on any atom is -0.393 e. The Bertz CT molecular complexity index is 305. The zero-order valence-corrected chi connectivity index (χ0v) is 10.2. The van der Waals surface area contributed by atoms with Gasteiger partial charge in [0.25, 0.3) is 0 Å². The summed E-state index contributed by atoms with van der Waals surface area (Å²) < 4.78 is 0. The van der Waals surface area contributed by atoms with Crippen molar-refractivity contribution in [1.82, 2.24) is 0 Å². The van der Waals surface area contributed by atoms with E-state index in [1.807, 2.05) is 11.3 Å². The molecule has 0 radical (unpaired) electrons. The van der Waals surface area contributed by atoms with E-state index in [2.05, 4.69) is 19.1 Å². The van der Waals surface area contributed by atoms with E-state index < -0.39 is 0 Å². The Morgan fingerprint density at radius 3 is 2.80 bits per heavy atom. The summed E-state index contributed by atoms with van der Waals surface area (Å²) >= 11 is 1.95. The lowest BCUT2D eigenvalue weighted by Crippen LogP contribution is -2.20. The summed E-state index contributed by atoms with van der Waals surface area (Å²) in [6.07, 6.45) is 6.84. The van der Waals surface area contributed by atoms with E-state index in [-0.39, 0.29) is 6.10 Å². The first kappa shape index (κ1) is 11.2. The van der Waals surface area contributed by atoms with E-state index in [9.17, 15) is 5.11 Å². The average molecular weight is 224 g/mol. The monoisotopic (exact) mass is 224 g/mol. The minimum atomic E-state index is -0.0330. The third-order valence-corrected chi connectivity index (χ3v) is 4.56. The van der Waals surface area contributed by atoms with Gasteiger partial charge < -0.3 is 5.11 Å². The van der Waals surface area contributed by atoms with Gasteiger partial charge in [0.1, 0.15) is 0 Å². The van der Waals surface area contributed by atoms with Crippen LogP contribution in [0.2, 0.25) is 0 Å². The molecule has 84 valence electrons. The van der Waals surface area contributed by atoms with Crippen LogP contribution in [0.5, 0.6) is 0 Å². The molecule has 1 nitrogen and oxygen atoms in total. The molecular formula is C13H20OS. The minimum absolute atomic E-state index is 0.0330. The van der Waals surface area contributed by atoms with E-state index >= 15 is 0 Å². The zero-order chi connectivity index (χ0) is 10.7. The molecule has 15 heavy (non-hydrogen) atoms. The predicted molar refractivity (Wildman–Crippen MR) is 65.4 cm³/mol. The van der Waals surface area contributed by atoms with Crippen LogP contribution in [0.15, 0.2) is 12.1 Å². The fourth-order valence-electron chi connectivity index (χ4n) is 2.45. The van der Waals surface area contributed by atoms with E-state index in [1.54, 1.807) is 0 Å². The van der Waals surface area contributed by atoms with Crippen molar-refractivity contribution in [2.75, 3.05) is 0 Å². The van der Waals surface area contributed by atoms with Crippen molar-refractivity contribution >= 4 is 11.3 Å². The quantitative estimate of drug-likeness (QED) is 0.834. The lowest BCUT2D eigenvalue weighted by atomic mass is 9.85. The standard InChI is InChI=1S/C13H20OS/c1-2-12-6-7-13(15-12)9-10-4-3-5-11(14)8-10/h6-7,10-11,14H,2-5,8-9H2,1H3. The van der Waals surface area contributed by atoms with E-state index in [4.69, 9.17) is 0 Å². The molecule has 0 aliphatic heterocycles. The van der Waals surface area contributed by atoms with Crippen LogP contribution in [0.25, 0.3) is 0 Å². The highest BCUT2D eigenvalue weighted by molar-refractivity contribution is 7.11. The van der Waals surface area contributed by atoms with Crippen molar-refractivity contribution in [2.45, 2.75) is 51.6 Å². The topological polar surface area (TPSA) is 20.2 Å². The fourth-order valence-corrected chi connectivity index (χ4v) is 3.53. The fraction of sp³-hybridized carbons (Fsp3) is 0.692. The molecule has 0 spiro atoms. The first-order chi connectivity index (χ1) is 7.28. The summed E-state index contributed by atoms with van der Waals surface area (Å²) in [6.45, 7) is 2.21. The Morgan fingerprint density at radius 2 is 2.13 bits per heavy atom. The van der Waals surface area contributed by atoms with Gasteiger partial charge in [-0.1, -0.05) is 13.3 Å². The Morgan fingerprint density at radius 1 is 1.33 bits per heavy atom. The molecule has 1 aliphatic carbocycles. The average Bonchev–Trinajstić information content (AvgIpc) is 2.65. The number of thiophene rings is 1. The molecule has 2 atom stereocenters. The normalized spacial score (nSPS) is 26.8. The summed E-state index contributed by atoms with van der Waals surface area (Å²) in [5, 5.41) is 9.61. The van der Waals surface area contributed by atoms with Crippen molar-refractivity contribution in [3.05, 3.63) is 21.9 Å². The van der Waals surface area contributed by atoms with E-state index in [1.165, 1.54) is 29.0 Å². The second-order valence-electron chi connectivity index (χ2n) is 4.61. The SMILES string of the molecule is CCc1ccc(CC2CCCC(O)C2)s1.